The van der Waals surface area contributed by atoms with Gasteiger partial charge in [-0.1, -0.05) is 13.2 Å². The number of esters is 2. The van der Waals surface area contributed by atoms with Gasteiger partial charge in [-0.2, -0.15) is 0 Å². The van der Waals surface area contributed by atoms with Crippen LogP contribution < -0.4 is 0 Å². The van der Waals surface area contributed by atoms with E-state index in [9.17, 15) is 9.59 Å². The molecule has 7 heteroatoms. The molecule has 3 unspecified atom stereocenters. The summed E-state index contributed by atoms with van der Waals surface area (Å²) in [5, 5.41) is 0. The molecule has 0 spiro atoms. The molecule has 0 heterocycles. The molecule has 0 radical (unpaired) electrons. The Hall–Kier alpha value is -1.70. The molecule has 7 nitrogen and oxygen atoms in total. The molecule has 0 aromatic rings. The second kappa shape index (κ2) is 12.6. The highest BCUT2D eigenvalue weighted by Gasteiger charge is 2.17. The van der Waals surface area contributed by atoms with Crippen molar-refractivity contribution in [3.63, 3.8) is 0 Å². The third-order valence-corrected chi connectivity index (χ3v) is 2.95. The monoisotopic (exact) mass is 358 g/mol. The van der Waals surface area contributed by atoms with Gasteiger partial charge in [0.1, 0.15) is 12.7 Å². The van der Waals surface area contributed by atoms with Gasteiger partial charge in [0.05, 0.1) is 32.0 Å². The van der Waals surface area contributed by atoms with Gasteiger partial charge in [-0.25, -0.2) is 9.59 Å². The maximum atomic E-state index is 11.6. The van der Waals surface area contributed by atoms with E-state index in [4.69, 9.17) is 23.7 Å². The molecule has 3 atom stereocenters. The minimum absolute atomic E-state index is 0.140. The lowest BCUT2D eigenvalue weighted by Gasteiger charge is -2.21. The summed E-state index contributed by atoms with van der Waals surface area (Å²) in [6, 6.07) is 0. The molecule has 0 aliphatic heterocycles. The number of hydrogen-bond acceptors (Lipinski definition) is 7. The van der Waals surface area contributed by atoms with Crippen LogP contribution in [-0.2, 0) is 33.3 Å². The van der Waals surface area contributed by atoms with E-state index in [0.717, 1.165) is 0 Å². The van der Waals surface area contributed by atoms with Crippen LogP contribution in [0.25, 0.3) is 0 Å². The zero-order valence-electron chi connectivity index (χ0n) is 15.8. The number of rotatable bonds is 13. The van der Waals surface area contributed by atoms with Crippen molar-refractivity contribution in [2.24, 2.45) is 0 Å². The summed E-state index contributed by atoms with van der Waals surface area (Å²) in [6.07, 6.45) is -1.03. The van der Waals surface area contributed by atoms with Crippen LogP contribution in [0.15, 0.2) is 24.3 Å². The summed E-state index contributed by atoms with van der Waals surface area (Å²) in [7, 11) is 1.52. The van der Waals surface area contributed by atoms with Gasteiger partial charge < -0.3 is 23.7 Å². The highest BCUT2D eigenvalue weighted by molar-refractivity contribution is 5.87. The number of carbonyl (C=O) groups is 2. The fourth-order valence-electron chi connectivity index (χ4n) is 1.54. The standard InChI is InChI=1S/C18H30O7/c1-12(2)17(19)24-9-15(6)22-8-14(5)23-11-16(10-21-7)25-18(20)13(3)4/h14-16H,1,3,8-11H2,2,4-7H3. The lowest BCUT2D eigenvalue weighted by Crippen LogP contribution is -2.32. The summed E-state index contributed by atoms with van der Waals surface area (Å²) in [5.74, 6) is -0.927. The molecule has 0 saturated carbocycles. The highest BCUT2D eigenvalue weighted by Crippen LogP contribution is 2.04. The molecule has 0 N–H and O–H groups in total. The van der Waals surface area contributed by atoms with Gasteiger partial charge >= 0.3 is 11.9 Å². The molecule has 0 amide bonds. The first-order chi connectivity index (χ1) is 11.7. The van der Waals surface area contributed by atoms with Crippen LogP contribution in [0.1, 0.15) is 27.7 Å². The van der Waals surface area contributed by atoms with E-state index in [1.165, 1.54) is 7.11 Å². The Labute approximate surface area is 149 Å². The van der Waals surface area contributed by atoms with E-state index in [1.807, 2.05) is 6.92 Å². The largest absolute Gasteiger partial charge is 0.460 e. The van der Waals surface area contributed by atoms with Crippen LogP contribution in [0.4, 0.5) is 0 Å². The quantitative estimate of drug-likeness (QED) is 0.368. The van der Waals surface area contributed by atoms with Crippen LogP contribution in [0.3, 0.4) is 0 Å². The van der Waals surface area contributed by atoms with Gasteiger partial charge in [0, 0.05) is 18.3 Å². The van der Waals surface area contributed by atoms with Crippen molar-refractivity contribution in [1.82, 2.24) is 0 Å². The smallest absolute Gasteiger partial charge is 0.333 e. The topological polar surface area (TPSA) is 80.3 Å². The van der Waals surface area contributed by atoms with Gasteiger partial charge in [0.2, 0.25) is 0 Å². The lowest BCUT2D eigenvalue weighted by molar-refractivity contribution is -0.154. The molecule has 0 aliphatic rings. The Balaban J connectivity index is 4.11. The van der Waals surface area contributed by atoms with Crippen molar-refractivity contribution in [3.05, 3.63) is 24.3 Å². The maximum absolute atomic E-state index is 11.6. The zero-order chi connectivity index (χ0) is 19.4. The van der Waals surface area contributed by atoms with E-state index < -0.39 is 18.0 Å². The molecule has 0 aromatic heterocycles. The lowest BCUT2D eigenvalue weighted by atomic mass is 10.3. The van der Waals surface area contributed by atoms with Crippen molar-refractivity contribution < 1.29 is 33.3 Å². The molecule has 25 heavy (non-hydrogen) atoms. The van der Waals surface area contributed by atoms with Crippen LogP contribution >= 0.6 is 0 Å². The molecule has 0 rings (SSSR count). The SMILES string of the molecule is C=C(C)C(=O)OCC(C)OCC(C)OCC(COC)OC(=O)C(=C)C. The fourth-order valence-corrected chi connectivity index (χ4v) is 1.54. The summed E-state index contributed by atoms with van der Waals surface area (Å²) in [5.41, 5.74) is 0.660. The van der Waals surface area contributed by atoms with Gasteiger partial charge in [-0.3, -0.25) is 0 Å². The highest BCUT2D eigenvalue weighted by atomic mass is 16.6. The second-order valence-corrected chi connectivity index (χ2v) is 5.93. The Bertz CT molecular complexity index is 458. The van der Waals surface area contributed by atoms with E-state index in [-0.39, 0.29) is 32.0 Å². The first kappa shape index (κ1) is 23.3. The van der Waals surface area contributed by atoms with Crippen molar-refractivity contribution in [2.75, 3.05) is 33.5 Å². The molecule has 0 bridgehead atoms. The number of methoxy groups -OCH3 is 1. The maximum Gasteiger partial charge on any atom is 0.333 e. The minimum Gasteiger partial charge on any atom is -0.460 e. The summed E-state index contributed by atoms with van der Waals surface area (Å²) in [6.45, 7) is 14.7. The Morgan fingerprint density at radius 1 is 0.840 bits per heavy atom. The number of ether oxygens (including phenoxy) is 5. The van der Waals surface area contributed by atoms with Gasteiger partial charge in [0.15, 0.2) is 0 Å². The third-order valence-electron chi connectivity index (χ3n) is 2.95. The predicted molar refractivity (Wildman–Crippen MR) is 93.2 cm³/mol. The van der Waals surface area contributed by atoms with Gasteiger partial charge in [-0.05, 0) is 27.7 Å². The predicted octanol–water partition coefficient (Wildman–Crippen LogP) is 2.05. The molecular formula is C18H30O7. The Morgan fingerprint density at radius 3 is 1.88 bits per heavy atom. The molecule has 0 aliphatic carbocycles. The minimum atomic E-state index is -0.523. The molecule has 0 saturated heterocycles. The van der Waals surface area contributed by atoms with Crippen molar-refractivity contribution in [3.8, 4) is 0 Å². The zero-order valence-corrected chi connectivity index (χ0v) is 15.8. The first-order valence-corrected chi connectivity index (χ1v) is 8.08. The van der Waals surface area contributed by atoms with E-state index in [2.05, 4.69) is 13.2 Å². The van der Waals surface area contributed by atoms with E-state index in [1.54, 1.807) is 20.8 Å². The molecule has 0 aromatic carbocycles. The van der Waals surface area contributed by atoms with Crippen LogP contribution in [0, 0.1) is 0 Å². The van der Waals surface area contributed by atoms with Crippen molar-refractivity contribution >= 4 is 11.9 Å². The molecule has 0 fully saturated rings. The summed E-state index contributed by atoms with van der Waals surface area (Å²) in [4.78, 5) is 22.9. The first-order valence-electron chi connectivity index (χ1n) is 8.08. The van der Waals surface area contributed by atoms with Crippen molar-refractivity contribution in [1.29, 1.82) is 0 Å². The molecule has 144 valence electrons. The van der Waals surface area contributed by atoms with Gasteiger partial charge in [0.25, 0.3) is 0 Å². The van der Waals surface area contributed by atoms with E-state index >= 15 is 0 Å². The Morgan fingerprint density at radius 2 is 1.36 bits per heavy atom. The molecular weight excluding hydrogens is 328 g/mol. The third kappa shape index (κ3) is 11.5. The normalized spacial score (nSPS) is 14.3. The second-order valence-electron chi connectivity index (χ2n) is 5.93. The number of hydrogen-bond donors (Lipinski definition) is 0. The van der Waals surface area contributed by atoms with Crippen LogP contribution in [0.5, 0.6) is 0 Å². The number of carbonyl (C=O) groups excluding carboxylic acids is 2. The van der Waals surface area contributed by atoms with Crippen LogP contribution in [-0.4, -0.2) is 63.8 Å². The average molecular weight is 358 g/mol. The van der Waals surface area contributed by atoms with E-state index in [0.29, 0.717) is 17.8 Å². The summed E-state index contributed by atoms with van der Waals surface area (Å²) >= 11 is 0. The summed E-state index contributed by atoms with van der Waals surface area (Å²) < 4.78 is 26.4. The van der Waals surface area contributed by atoms with Crippen molar-refractivity contribution in [2.45, 2.75) is 46.0 Å². The van der Waals surface area contributed by atoms with Crippen LogP contribution in [0.2, 0.25) is 0 Å². The van der Waals surface area contributed by atoms with Gasteiger partial charge in [-0.15, -0.1) is 0 Å². The average Bonchev–Trinajstić information content (AvgIpc) is 2.55. The fraction of sp³-hybridized carbons (Fsp3) is 0.667. The Kier molecular flexibility index (Phi) is 11.8.